The van der Waals surface area contributed by atoms with E-state index in [1.165, 1.54) is 35.2 Å². The van der Waals surface area contributed by atoms with Crippen molar-refractivity contribution in [1.29, 1.82) is 0 Å². The molecule has 4 rings (SSSR count). The number of benzene rings is 2. The van der Waals surface area contributed by atoms with Gasteiger partial charge in [0.15, 0.2) is 5.13 Å². The fraction of sp³-hybridized carbons (Fsp3) is 0.0952. The third kappa shape index (κ3) is 4.32. The second kappa shape index (κ2) is 8.60. The minimum Gasteiger partial charge on any atom is -0.301 e. The van der Waals surface area contributed by atoms with Gasteiger partial charge in [-0.25, -0.2) is 4.98 Å². The maximum absolute atomic E-state index is 12.7. The zero-order valence-corrected chi connectivity index (χ0v) is 17.4. The van der Waals surface area contributed by atoms with E-state index in [2.05, 4.69) is 15.3 Å². The van der Waals surface area contributed by atoms with E-state index in [9.17, 15) is 14.9 Å². The highest BCUT2D eigenvalue weighted by molar-refractivity contribution is 8.00. The van der Waals surface area contributed by atoms with Crippen molar-refractivity contribution >= 4 is 50.7 Å². The number of non-ortho nitro benzene ring substituents is 1. The predicted octanol–water partition coefficient (Wildman–Crippen LogP) is 5.39. The minimum absolute atomic E-state index is 0.000634. The number of nitro benzene ring substituents is 1. The molecule has 1 atom stereocenters. The third-order valence-electron chi connectivity index (χ3n) is 4.37. The van der Waals surface area contributed by atoms with Crippen LogP contribution in [0.15, 0.2) is 71.1 Å². The van der Waals surface area contributed by atoms with E-state index in [-0.39, 0.29) is 16.8 Å². The number of thioether (sulfide) groups is 1. The minimum atomic E-state index is -0.444. The molecule has 0 saturated heterocycles. The van der Waals surface area contributed by atoms with Gasteiger partial charge in [0.25, 0.3) is 5.69 Å². The number of rotatable bonds is 6. The zero-order valence-electron chi connectivity index (χ0n) is 15.8. The van der Waals surface area contributed by atoms with E-state index in [1.807, 2.05) is 37.3 Å². The van der Waals surface area contributed by atoms with Gasteiger partial charge in [-0.15, -0.1) is 23.1 Å². The number of anilines is 1. The summed E-state index contributed by atoms with van der Waals surface area (Å²) in [6.07, 6.45) is 1.74. The Labute approximate surface area is 180 Å². The lowest BCUT2D eigenvalue weighted by Crippen LogP contribution is -2.22. The molecule has 0 radical (unpaired) electrons. The van der Waals surface area contributed by atoms with Gasteiger partial charge in [-0.1, -0.05) is 30.3 Å². The molecule has 30 heavy (non-hydrogen) atoms. The highest BCUT2D eigenvalue weighted by Crippen LogP contribution is 2.31. The number of hydrogen-bond acceptors (Lipinski definition) is 7. The number of nitrogens with zero attached hydrogens (tertiary/aromatic N) is 3. The van der Waals surface area contributed by atoms with Gasteiger partial charge in [0.1, 0.15) is 0 Å². The van der Waals surface area contributed by atoms with Crippen LogP contribution in [0.4, 0.5) is 10.8 Å². The molecule has 0 aliphatic rings. The summed E-state index contributed by atoms with van der Waals surface area (Å²) in [5.41, 5.74) is 2.10. The molecular weight excluding hydrogens is 420 g/mol. The normalized spacial score (nSPS) is 11.9. The van der Waals surface area contributed by atoms with Crippen LogP contribution in [0.3, 0.4) is 0 Å². The van der Waals surface area contributed by atoms with Gasteiger partial charge in [0.05, 0.1) is 21.4 Å². The summed E-state index contributed by atoms with van der Waals surface area (Å²) in [4.78, 5) is 32.9. The van der Waals surface area contributed by atoms with Crippen LogP contribution in [0.2, 0.25) is 0 Å². The number of fused-ring (bicyclic) bond motifs is 1. The molecule has 0 fully saturated rings. The van der Waals surface area contributed by atoms with E-state index >= 15 is 0 Å². The van der Waals surface area contributed by atoms with Gasteiger partial charge in [-0.3, -0.25) is 19.9 Å². The van der Waals surface area contributed by atoms with Gasteiger partial charge in [-0.2, -0.15) is 0 Å². The Morgan fingerprint density at radius 3 is 2.87 bits per heavy atom. The summed E-state index contributed by atoms with van der Waals surface area (Å²) in [7, 11) is 0. The highest BCUT2D eigenvalue weighted by atomic mass is 32.2. The molecule has 0 saturated carbocycles. The number of amides is 1. The van der Waals surface area contributed by atoms with Crippen molar-refractivity contribution in [2.24, 2.45) is 0 Å². The first kappa shape index (κ1) is 20.0. The first-order valence-electron chi connectivity index (χ1n) is 9.03. The third-order valence-corrected chi connectivity index (χ3v) is 6.30. The Hall–Kier alpha value is -3.30. The Morgan fingerprint density at radius 2 is 2.03 bits per heavy atom. The first-order valence-corrected chi connectivity index (χ1v) is 10.8. The van der Waals surface area contributed by atoms with Gasteiger partial charge in [-0.05, 0) is 19.1 Å². The number of pyridine rings is 1. The number of nitro groups is 1. The monoisotopic (exact) mass is 436 g/mol. The van der Waals surface area contributed by atoms with Gasteiger partial charge in [0.2, 0.25) is 5.91 Å². The SMILES string of the molecule is CC(Sc1ccnc2ccccc12)C(=O)Nc1nc(-c2cccc([N+](=O)[O-])c2)cs1. The van der Waals surface area contributed by atoms with Crippen molar-refractivity contribution < 1.29 is 9.72 Å². The summed E-state index contributed by atoms with van der Waals surface area (Å²) in [6.45, 7) is 1.84. The molecule has 1 unspecified atom stereocenters. The highest BCUT2D eigenvalue weighted by Gasteiger charge is 2.18. The van der Waals surface area contributed by atoms with Crippen LogP contribution < -0.4 is 5.32 Å². The van der Waals surface area contributed by atoms with Crippen molar-refractivity contribution in [2.45, 2.75) is 17.1 Å². The average molecular weight is 437 g/mol. The van der Waals surface area contributed by atoms with Crippen LogP contribution in [0, 0.1) is 10.1 Å². The summed E-state index contributed by atoms with van der Waals surface area (Å²) >= 11 is 2.74. The number of nitrogens with one attached hydrogen (secondary N) is 1. The van der Waals surface area contributed by atoms with Crippen LogP contribution in [-0.2, 0) is 4.79 Å². The molecular formula is C21H16N4O3S2. The lowest BCUT2D eigenvalue weighted by Gasteiger charge is -2.12. The second-order valence-electron chi connectivity index (χ2n) is 6.42. The Kier molecular flexibility index (Phi) is 5.73. The maximum atomic E-state index is 12.7. The van der Waals surface area contributed by atoms with Crippen LogP contribution in [0.5, 0.6) is 0 Å². The number of hydrogen-bond donors (Lipinski definition) is 1. The molecule has 0 bridgehead atoms. The fourth-order valence-corrected chi connectivity index (χ4v) is 4.57. The van der Waals surface area contributed by atoms with Crippen molar-refractivity contribution in [3.8, 4) is 11.3 Å². The maximum Gasteiger partial charge on any atom is 0.270 e. The number of carbonyl (C=O) groups is 1. The van der Waals surface area contributed by atoms with E-state index in [0.29, 0.717) is 16.4 Å². The smallest absolute Gasteiger partial charge is 0.270 e. The summed E-state index contributed by atoms with van der Waals surface area (Å²) < 4.78 is 0. The molecule has 1 N–H and O–H groups in total. The Bertz CT molecular complexity index is 1240. The lowest BCUT2D eigenvalue weighted by atomic mass is 10.1. The molecule has 150 valence electrons. The van der Waals surface area contributed by atoms with Crippen molar-refractivity contribution in [2.75, 3.05) is 5.32 Å². The van der Waals surface area contributed by atoms with Gasteiger partial charge in [0, 0.05) is 39.6 Å². The molecule has 9 heteroatoms. The molecule has 2 heterocycles. The van der Waals surface area contributed by atoms with Gasteiger partial charge < -0.3 is 5.32 Å². The van der Waals surface area contributed by atoms with E-state index in [4.69, 9.17) is 0 Å². The lowest BCUT2D eigenvalue weighted by molar-refractivity contribution is -0.384. The second-order valence-corrected chi connectivity index (χ2v) is 8.66. The molecule has 0 aliphatic carbocycles. The molecule has 0 aliphatic heterocycles. The topological polar surface area (TPSA) is 98.0 Å². The quantitative estimate of drug-likeness (QED) is 0.247. The zero-order chi connectivity index (χ0) is 21.1. The van der Waals surface area contributed by atoms with Crippen LogP contribution in [0.1, 0.15) is 6.92 Å². The van der Waals surface area contributed by atoms with E-state index < -0.39 is 4.92 Å². The number of thiazole rings is 1. The summed E-state index contributed by atoms with van der Waals surface area (Å²) in [6, 6.07) is 16.0. The molecule has 2 aromatic heterocycles. The standard InChI is InChI=1S/C21H16N4O3S2/c1-13(30-19-9-10-22-17-8-3-2-7-16(17)19)20(26)24-21-23-18(12-29-21)14-5-4-6-15(11-14)25(27)28/h2-13H,1H3,(H,23,24,26). The number of aromatic nitrogens is 2. The van der Waals surface area contributed by atoms with E-state index in [0.717, 1.165) is 15.8 Å². The molecule has 1 amide bonds. The van der Waals surface area contributed by atoms with Crippen molar-refractivity contribution in [3.63, 3.8) is 0 Å². The average Bonchev–Trinajstić information content (AvgIpc) is 3.22. The molecule has 7 nitrogen and oxygen atoms in total. The van der Waals surface area contributed by atoms with Crippen molar-refractivity contribution in [3.05, 3.63) is 76.3 Å². The van der Waals surface area contributed by atoms with Crippen LogP contribution in [0.25, 0.3) is 22.2 Å². The molecule has 4 aromatic rings. The van der Waals surface area contributed by atoms with Gasteiger partial charge >= 0.3 is 0 Å². The van der Waals surface area contributed by atoms with Crippen LogP contribution in [-0.4, -0.2) is 26.0 Å². The summed E-state index contributed by atoms with van der Waals surface area (Å²) in [5.74, 6) is -0.166. The number of para-hydroxylation sites is 1. The molecule has 0 spiro atoms. The summed E-state index contributed by atoms with van der Waals surface area (Å²) in [5, 5.41) is 16.7. The largest absolute Gasteiger partial charge is 0.301 e. The van der Waals surface area contributed by atoms with E-state index in [1.54, 1.807) is 23.7 Å². The predicted molar refractivity (Wildman–Crippen MR) is 120 cm³/mol. The van der Waals surface area contributed by atoms with Crippen LogP contribution >= 0.6 is 23.1 Å². The molecule has 2 aromatic carbocycles. The Balaban J connectivity index is 1.46. The van der Waals surface area contributed by atoms with Crippen molar-refractivity contribution in [1.82, 2.24) is 9.97 Å². The number of carbonyl (C=O) groups excluding carboxylic acids is 1. The first-order chi connectivity index (χ1) is 14.5. The fourth-order valence-electron chi connectivity index (χ4n) is 2.87. The Morgan fingerprint density at radius 1 is 1.20 bits per heavy atom.